The maximum Gasteiger partial charge on any atom is 0.225 e. The number of imidazole rings is 1. The van der Waals surface area contributed by atoms with Crippen LogP contribution in [0.15, 0.2) is 0 Å². The second-order valence-electron chi connectivity index (χ2n) is 6.50. The largest absolute Gasteiger partial charge is 0.382 e. The van der Waals surface area contributed by atoms with Crippen LogP contribution in [0.25, 0.3) is 11.2 Å². The zero-order valence-electron chi connectivity index (χ0n) is 12.8. The molecule has 0 bridgehead atoms. The molecule has 1 aliphatic carbocycles. The highest BCUT2D eigenvalue weighted by Crippen LogP contribution is 2.47. The Labute approximate surface area is 143 Å². The Morgan fingerprint density at radius 3 is 2.61 bits per heavy atom. The first-order valence-corrected chi connectivity index (χ1v) is 8.69. The minimum absolute atomic E-state index is 0.0667. The van der Waals surface area contributed by atoms with Gasteiger partial charge in [-0.3, -0.25) is 4.57 Å². The number of hydrogen-bond acceptors (Lipinski definition) is 5. The number of halogens is 2. The number of aromatic nitrogens is 4. The van der Waals surface area contributed by atoms with Gasteiger partial charge in [0.25, 0.3) is 0 Å². The Kier molecular flexibility index (Phi) is 3.76. The van der Waals surface area contributed by atoms with E-state index in [0.717, 1.165) is 32.1 Å². The van der Waals surface area contributed by atoms with Gasteiger partial charge in [0.2, 0.25) is 5.28 Å². The maximum atomic E-state index is 11.0. The van der Waals surface area contributed by atoms with E-state index in [1.54, 1.807) is 6.92 Å². The van der Waals surface area contributed by atoms with E-state index in [1.807, 2.05) is 4.57 Å². The molecular formula is C15H18Cl2N4O2. The lowest BCUT2D eigenvalue weighted by Gasteiger charge is -2.30. The van der Waals surface area contributed by atoms with Crippen molar-refractivity contribution in [2.45, 2.75) is 50.9 Å². The van der Waals surface area contributed by atoms with E-state index < -0.39 is 5.60 Å². The Balaban J connectivity index is 1.94. The molecule has 0 spiro atoms. The van der Waals surface area contributed by atoms with Crippen LogP contribution >= 0.6 is 23.2 Å². The van der Waals surface area contributed by atoms with Crippen LogP contribution in [0.2, 0.25) is 10.4 Å². The monoisotopic (exact) mass is 356 g/mol. The average molecular weight is 357 g/mol. The lowest BCUT2D eigenvalue weighted by Crippen LogP contribution is -2.31. The summed E-state index contributed by atoms with van der Waals surface area (Å²) in [5.41, 5.74) is -0.0592. The fourth-order valence-electron chi connectivity index (χ4n) is 3.30. The zero-order chi connectivity index (χ0) is 16.2. The van der Waals surface area contributed by atoms with Crippen molar-refractivity contribution in [1.82, 2.24) is 19.5 Å². The number of nitrogens with zero attached hydrogens (tertiary/aromatic N) is 4. The van der Waals surface area contributed by atoms with Gasteiger partial charge < -0.3 is 9.84 Å². The summed E-state index contributed by atoms with van der Waals surface area (Å²) in [4.78, 5) is 12.8. The second kappa shape index (κ2) is 5.55. The third-order valence-electron chi connectivity index (χ3n) is 4.74. The molecule has 1 saturated heterocycles. The molecule has 0 radical (unpaired) electrons. The number of aliphatic hydroxyl groups is 1. The minimum Gasteiger partial charge on any atom is -0.382 e. The molecule has 2 aromatic rings. The average Bonchev–Trinajstić information content (AvgIpc) is 3.30. The standard InChI is InChI=1S/C15H18Cl2N4O2/c1-15(22,8-5-6-8)13-18-10-11(16)19-14(17)20-12(10)21(13)9-4-2-3-7-23-9/h8-9,22H,2-7H2,1H3. The molecule has 3 heterocycles. The fraction of sp³-hybridized carbons (Fsp3) is 0.667. The molecule has 2 fully saturated rings. The summed E-state index contributed by atoms with van der Waals surface area (Å²) in [6, 6.07) is 0. The SMILES string of the molecule is CC(O)(c1nc2c(Cl)nc(Cl)nc2n1C1CCCCO1)C1CC1. The Hall–Kier alpha value is -0.950. The number of ether oxygens (including phenoxy) is 1. The van der Waals surface area contributed by atoms with Gasteiger partial charge in [-0.2, -0.15) is 4.98 Å². The smallest absolute Gasteiger partial charge is 0.225 e. The summed E-state index contributed by atoms with van der Waals surface area (Å²) in [6.07, 6.45) is 4.70. The molecule has 1 N–H and O–H groups in total. The molecule has 4 rings (SSSR count). The van der Waals surface area contributed by atoms with E-state index in [0.29, 0.717) is 23.6 Å². The first kappa shape index (κ1) is 15.6. The van der Waals surface area contributed by atoms with Gasteiger partial charge in [-0.15, -0.1) is 0 Å². The lowest BCUT2D eigenvalue weighted by molar-refractivity contribution is -0.0463. The van der Waals surface area contributed by atoms with Crippen LogP contribution in [0.5, 0.6) is 0 Å². The van der Waals surface area contributed by atoms with Gasteiger partial charge >= 0.3 is 0 Å². The van der Waals surface area contributed by atoms with Crippen LogP contribution in [-0.4, -0.2) is 31.2 Å². The van der Waals surface area contributed by atoms with Crippen molar-refractivity contribution in [3.63, 3.8) is 0 Å². The first-order valence-electron chi connectivity index (χ1n) is 7.94. The van der Waals surface area contributed by atoms with E-state index in [1.165, 1.54) is 0 Å². The highest BCUT2D eigenvalue weighted by Gasteiger charge is 2.46. The molecule has 1 saturated carbocycles. The van der Waals surface area contributed by atoms with E-state index >= 15 is 0 Å². The van der Waals surface area contributed by atoms with Crippen molar-refractivity contribution >= 4 is 34.4 Å². The Bertz CT molecular complexity index is 752. The van der Waals surface area contributed by atoms with Gasteiger partial charge in [0.1, 0.15) is 23.2 Å². The second-order valence-corrected chi connectivity index (χ2v) is 7.20. The van der Waals surface area contributed by atoms with Gasteiger partial charge in [-0.25, -0.2) is 9.97 Å². The molecule has 2 aromatic heterocycles. The lowest BCUT2D eigenvalue weighted by atomic mass is 9.99. The van der Waals surface area contributed by atoms with Gasteiger partial charge in [-0.1, -0.05) is 11.6 Å². The molecule has 2 atom stereocenters. The van der Waals surface area contributed by atoms with Crippen molar-refractivity contribution in [1.29, 1.82) is 0 Å². The maximum absolute atomic E-state index is 11.0. The van der Waals surface area contributed by atoms with Crippen LogP contribution in [0.4, 0.5) is 0 Å². The molecule has 6 nitrogen and oxygen atoms in total. The van der Waals surface area contributed by atoms with Crippen LogP contribution in [-0.2, 0) is 10.3 Å². The molecule has 124 valence electrons. The van der Waals surface area contributed by atoms with Crippen molar-refractivity contribution in [2.75, 3.05) is 6.61 Å². The molecule has 8 heteroatoms. The Morgan fingerprint density at radius 1 is 1.17 bits per heavy atom. The third-order valence-corrected chi connectivity index (χ3v) is 5.17. The van der Waals surface area contributed by atoms with Crippen LogP contribution < -0.4 is 0 Å². The van der Waals surface area contributed by atoms with E-state index in [-0.39, 0.29) is 22.6 Å². The van der Waals surface area contributed by atoms with Gasteiger partial charge in [0, 0.05) is 6.61 Å². The zero-order valence-corrected chi connectivity index (χ0v) is 14.3. The predicted octanol–water partition coefficient (Wildman–Crippen LogP) is 3.45. The molecular weight excluding hydrogens is 339 g/mol. The topological polar surface area (TPSA) is 73.1 Å². The molecule has 2 unspecified atom stereocenters. The highest BCUT2D eigenvalue weighted by atomic mass is 35.5. The van der Waals surface area contributed by atoms with Gasteiger partial charge in [-0.05, 0) is 56.5 Å². The van der Waals surface area contributed by atoms with Gasteiger partial charge in [0.05, 0.1) is 0 Å². The fourth-order valence-corrected chi connectivity index (χ4v) is 3.72. The highest BCUT2D eigenvalue weighted by molar-refractivity contribution is 6.35. The molecule has 2 aliphatic rings. The van der Waals surface area contributed by atoms with E-state index in [2.05, 4.69) is 15.0 Å². The van der Waals surface area contributed by atoms with E-state index in [4.69, 9.17) is 27.9 Å². The van der Waals surface area contributed by atoms with Crippen molar-refractivity contribution in [2.24, 2.45) is 5.92 Å². The Morgan fingerprint density at radius 2 is 1.96 bits per heavy atom. The van der Waals surface area contributed by atoms with E-state index in [9.17, 15) is 5.11 Å². The summed E-state index contributed by atoms with van der Waals surface area (Å²) >= 11 is 12.2. The van der Waals surface area contributed by atoms with Gasteiger partial charge in [0.15, 0.2) is 10.8 Å². The first-order chi connectivity index (χ1) is 11.0. The predicted molar refractivity (Wildman–Crippen MR) is 86.5 cm³/mol. The van der Waals surface area contributed by atoms with Crippen LogP contribution in [0.3, 0.4) is 0 Å². The van der Waals surface area contributed by atoms with Crippen molar-refractivity contribution < 1.29 is 9.84 Å². The summed E-state index contributed by atoms with van der Waals surface area (Å²) in [7, 11) is 0. The summed E-state index contributed by atoms with van der Waals surface area (Å²) in [6.45, 7) is 2.48. The third kappa shape index (κ3) is 2.61. The van der Waals surface area contributed by atoms with Crippen LogP contribution in [0.1, 0.15) is 51.1 Å². The van der Waals surface area contributed by atoms with Crippen LogP contribution in [0, 0.1) is 5.92 Å². The normalized spacial score (nSPS) is 24.8. The summed E-state index contributed by atoms with van der Waals surface area (Å²) in [5.74, 6) is 0.740. The number of fused-ring (bicyclic) bond motifs is 1. The molecule has 0 aromatic carbocycles. The van der Waals surface area contributed by atoms with Crippen molar-refractivity contribution in [3.05, 3.63) is 16.3 Å². The molecule has 0 amide bonds. The minimum atomic E-state index is -1.04. The summed E-state index contributed by atoms with van der Waals surface area (Å²) < 4.78 is 7.78. The number of rotatable bonds is 3. The molecule has 1 aliphatic heterocycles. The number of hydrogen-bond donors (Lipinski definition) is 1. The van der Waals surface area contributed by atoms with Crippen molar-refractivity contribution in [3.8, 4) is 0 Å². The quantitative estimate of drug-likeness (QED) is 0.673. The summed E-state index contributed by atoms with van der Waals surface area (Å²) in [5, 5.41) is 11.3. The molecule has 23 heavy (non-hydrogen) atoms.